The molecule has 2 aromatic heterocycles. The Morgan fingerprint density at radius 3 is 1.31 bits per heavy atom. The highest BCUT2D eigenvalue weighted by atomic mass is 16.1. The molecule has 0 aliphatic rings. The standard InChI is InChI=1S/2C6H7N.CH2O/c2*1-6-4-2-3-5-7-6;1-2/h2*2-5H,1H3;1H2. The molecule has 2 heterocycles. The van der Waals surface area contributed by atoms with Gasteiger partial charge in [-0.15, -0.1) is 0 Å². The lowest BCUT2D eigenvalue weighted by molar-refractivity contribution is -0.0979. The van der Waals surface area contributed by atoms with Gasteiger partial charge in [0.15, 0.2) is 0 Å². The Morgan fingerprint density at radius 2 is 1.19 bits per heavy atom. The molecule has 16 heavy (non-hydrogen) atoms. The van der Waals surface area contributed by atoms with Gasteiger partial charge in [0.25, 0.3) is 0 Å². The number of aromatic nitrogens is 2. The summed E-state index contributed by atoms with van der Waals surface area (Å²) in [6, 6.07) is 11.7. The number of hydrogen-bond donors (Lipinski definition) is 0. The zero-order chi connectivity index (χ0) is 12.2. The van der Waals surface area contributed by atoms with Crippen molar-refractivity contribution >= 4 is 6.79 Å². The van der Waals surface area contributed by atoms with E-state index >= 15 is 0 Å². The maximum Gasteiger partial charge on any atom is 0.106 e. The highest BCUT2D eigenvalue weighted by Crippen LogP contribution is 1.86. The molecular formula is C13H16N2O. The second-order valence-corrected chi connectivity index (χ2v) is 2.94. The fourth-order valence-electron chi connectivity index (χ4n) is 0.896. The average Bonchev–Trinajstić information content (AvgIpc) is 2.34. The van der Waals surface area contributed by atoms with Crippen molar-refractivity contribution in [1.29, 1.82) is 0 Å². The topological polar surface area (TPSA) is 42.9 Å². The summed E-state index contributed by atoms with van der Waals surface area (Å²) in [7, 11) is 0. The molecule has 0 saturated carbocycles. The highest BCUT2D eigenvalue weighted by molar-refractivity contribution is 5.11. The molecule has 3 nitrogen and oxygen atoms in total. The Labute approximate surface area is 96.2 Å². The molecule has 0 N–H and O–H groups in total. The van der Waals surface area contributed by atoms with Crippen LogP contribution in [-0.2, 0) is 4.79 Å². The maximum absolute atomic E-state index is 8.00. The van der Waals surface area contributed by atoms with E-state index in [0.29, 0.717) is 0 Å². The number of pyridine rings is 2. The SMILES string of the molecule is C=O.Cc1ccccn1.Cc1ccccn1. The number of carbonyl (C=O) groups is 1. The van der Waals surface area contributed by atoms with Gasteiger partial charge in [-0.2, -0.15) is 0 Å². The molecule has 0 aromatic carbocycles. The Kier molecular flexibility index (Phi) is 8.31. The van der Waals surface area contributed by atoms with Crippen molar-refractivity contribution in [2.75, 3.05) is 0 Å². The van der Waals surface area contributed by atoms with Gasteiger partial charge >= 0.3 is 0 Å². The molecule has 0 bridgehead atoms. The smallest absolute Gasteiger partial charge is 0.106 e. The molecule has 0 spiro atoms. The van der Waals surface area contributed by atoms with Crippen LogP contribution in [0.15, 0.2) is 48.8 Å². The van der Waals surface area contributed by atoms with E-state index in [1.807, 2.05) is 57.0 Å². The number of rotatable bonds is 0. The summed E-state index contributed by atoms with van der Waals surface area (Å²) >= 11 is 0. The minimum atomic E-state index is 1.07. The Bertz CT molecular complexity index is 325. The molecule has 0 fully saturated rings. The van der Waals surface area contributed by atoms with Crippen LogP contribution in [0.25, 0.3) is 0 Å². The van der Waals surface area contributed by atoms with Gasteiger partial charge in [-0.25, -0.2) is 0 Å². The maximum atomic E-state index is 8.00. The Morgan fingerprint density at radius 1 is 0.812 bits per heavy atom. The monoisotopic (exact) mass is 216 g/mol. The third-order valence-corrected chi connectivity index (χ3v) is 1.63. The second kappa shape index (κ2) is 9.52. The second-order valence-electron chi connectivity index (χ2n) is 2.94. The minimum Gasteiger partial charge on any atom is -0.307 e. The van der Waals surface area contributed by atoms with Gasteiger partial charge in [0.1, 0.15) is 6.79 Å². The number of nitrogens with zero attached hydrogens (tertiary/aromatic N) is 2. The van der Waals surface area contributed by atoms with Gasteiger partial charge in [-0.3, -0.25) is 9.97 Å². The predicted molar refractivity (Wildman–Crippen MR) is 65.1 cm³/mol. The minimum absolute atomic E-state index is 1.07. The highest BCUT2D eigenvalue weighted by Gasteiger charge is 1.74. The lowest BCUT2D eigenvalue weighted by Crippen LogP contribution is -1.72. The normalized spacial score (nSPS) is 7.88. The fourth-order valence-corrected chi connectivity index (χ4v) is 0.896. The largest absolute Gasteiger partial charge is 0.307 e. The lowest BCUT2D eigenvalue weighted by Gasteiger charge is -1.82. The van der Waals surface area contributed by atoms with E-state index in [9.17, 15) is 0 Å². The van der Waals surface area contributed by atoms with Crippen molar-refractivity contribution in [3.05, 3.63) is 60.2 Å². The van der Waals surface area contributed by atoms with E-state index in [1.165, 1.54) is 0 Å². The van der Waals surface area contributed by atoms with Crippen molar-refractivity contribution in [2.24, 2.45) is 0 Å². The van der Waals surface area contributed by atoms with Gasteiger partial charge in [0.2, 0.25) is 0 Å². The van der Waals surface area contributed by atoms with Crippen LogP contribution in [0.3, 0.4) is 0 Å². The van der Waals surface area contributed by atoms with Gasteiger partial charge in [-0.05, 0) is 38.1 Å². The Balaban J connectivity index is 0.000000244. The van der Waals surface area contributed by atoms with Crippen molar-refractivity contribution in [1.82, 2.24) is 9.97 Å². The molecule has 0 amide bonds. The van der Waals surface area contributed by atoms with Crippen LogP contribution in [-0.4, -0.2) is 16.8 Å². The summed E-state index contributed by atoms with van der Waals surface area (Å²) in [4.78, 5) is 16.0. The lowest BCUT2D eigenvalue weighted by atomic mass is 10.4. The van der Waals surface area contributed by atoms with E-state index in [2.05, 4.69) is 9.97 Å². The molecule has 2 rings (SSSR count). The molecule has 0 atom stereocenters. The molecule has 0 saturated heterocycles. The first kappa shape index (κ1) is 14.0. The van der Waals surface area contributed by atoms with E-state index < -0.39 is 0 Å². The van der Waals surface area contributed by atoms with Crippen molar-refractivity contribution < 1.29 is 4.79 Å². The molecule has 2 aromatic rings. The third-order valence-electron chi connectivity index (χ3n) is 1.63. The van der Waals surface area contributed by atoms with Crippen molar-refractivity contribution in [3.8, 4) is 0 Å². The molecule has 0 aliphatic carbocycles. The number of carbonyl (C=O) groups excluding carboxylic acids is 1. The van der Waals surface area contributed by atoms with E-state index in [1.54, 1.807) is 12.4 Å². The zero-order valence-electron chi connectivity index (χ0n) is 9.63. The average molecular weight is 216 g/mol. The first-order valence-electron chi connectivity index (χ1n) is 4.83. The van der Waals surface area contributed by atoms with Gasteiger partial charge in [0, 0.05) is 23.8 Å². The van der Waals surface area contributed by atoms with Gasteiger partial charge in [0.05, 0.1) is 0 Å². The fraction of sp³-hybridized carbons (Fsp3) is 0.154. The van der Waals surface area contributed by atoms with E-state index in [-0.39, 0.29) is 0 Å². The summed E-state index contributed by atoms with van der Waals surface area (Å²) in [5, 5.41) is 0. The number of hydrogen-bond acceptors (Lipinski definition) is 3. The molecular weight excluding hydrogens is 200 g/mol. The summed E-state index contributed by atoms with van der Waals surface area (Å²) < 4.78 is 0. The summed E-state index contributed by atoms with van der Waals surface area (Å²) in [6.45, 7) is 5.94. The molecule has 0 aliphatic heterocycles. The molecule has 84 valence electrons. The zero-order valence-corrected chi connectivity index (χ0v) is 9.63. The van der Waals surface area contributed by atoms with E-state index in [0.717, 1.165) is 11.4 Å². The first-order chi connectivity index (χ1) is 7.79. The summed E-state index contributed by atoms with van der Waals surface area (Å²) in [5.74, 6) is 0. The van der Waals surface area contributed by atoms with Crippen LogP contribution in [0.4, 0.5) is 0 Å². The predicted octanol–water partition coefficient (Wildman–Crippen LogP) is 2.60. The van der Waals surface area contributed by atoms with E-state index in [4.69, 9.17) is 4.79 Å². The van der Waals surface area contributed by atoms with Crippen LogP contribution in [0.1, 0.15) is 11.4 Å². The van der Waals surface area contributed by atoms with Crippen LogP contribution in [0.2, 0.25) is 0 Å². The molecule has 0 unspecified atom stereocenters. The van der Waals surface area contributed by atoms with Crippen molar-refractivity contribution in [2.45, 2.75) is 13.8 Å². The number of aryl methyl sites for hydroxylation is 2. The molecule has 0 radical (unpaired) electrons. The quantitative estimate of drug-likeness (QED) is 0.679. The van der Waals surface area contributed by atoms with Crippen LogP contribution >= 0.6 is 0 Å². The van der Waals surface area contributed by atoms with Gasteiger partial charge in [-0.1, -0.05) is 12.1 Å². The summed E-state index contributed by atoms with van der Waals surface area (Å²) in [6.07, 6.45) is 3.57. The Hall–Kier alpha value is -2.03. The van der Waals surface area contributed by atoms with Crippen LogP contribution in [0, 0.1) is 13.8 Å². The van der Waals surface area contributed by atoms with Gasteiger partial charge < -0.3 is 4.79 Å². The third kappa shape index (κ3) is 7.38. The first-order valence-corrected chi connectivity index (χ1v) is 4.83. The summed E-state index contributed by atoms with van der Waals surface area (Å²) in [5.41, 5.74) is 2.14. The van der Waals surface area contributed by atoms with Crippen LogP contribution < -0.4 is 0 Å². The van der Waals surface area contributed by atoms with Crippen LogP contribution in [0.5, 0.6) is 0 Å². The van der Waals surface area contributed by atoms with Crippen molar-refractivity contribution in [3.63, 3.8) is 0 Å². The molecule has 3 heteroatoms.